The number of aryl methyl sites for hydroxylation is 2. The van der Waals surface area contributed by atoms with Crippen LogP contribution in [0.3, 0.4) is 0 Å². The summed E-state index contributed by atoms with van der Waals surface area (Å²) in [6.45, 7) is 34.2. The highest BCUT2D eigenvalue weighted by Gasteiger charge is 2.35. The van der Waals surface area contributed by atoms with Crippen LogP contribution in [0.15, 0.2) is 49.9 Å². The number of ether oxygens (including phenoxy) is 1. The maximum absolute atomic E-state index is 14.6. The predicted molar refractivity (Wildman–Crippen MR) is 358 cm³/mol. The lowest BCUT2D eigenvalue weighted by atomic mass is 9.97. The molecule has 90 heavy (non-hydrogen) atoms. The maximum Gasteiger partial charge on any atom is 0.328 e. The van der Waals surface area contributed by atoms with Crippen LogP contribution in [0, 0.1) is 37.5 Å². The zero-order valence-electron chi connectivity index (χ0n) is 55.5. The molecule has 4 aromatic heterocycles. The standard InChI is InChI=1S/C70H98N12O8/c1-17-20-21-22-27-72-63(83)25-23-49-44(14)52-32-51-42(12)47(18-2)55(74-51)33-53-43(13)48(19-3)56(75-53)34-54-45(15)50(58(77-54)35-57(49)76-52)24-26-64(84)82-65(41(10)11)69(88)80-61(31-46-36-71-37-73-46)68(87)79-59(28-38(4)5)66(85)78-60(29-39(6)7)67(86)81-62(30-40(8)9)70(89)90-16/h18-19,32-41,59-62,65,74-75H,2-3,17,20-31H2,1,4-16H3,(H,71,73)(H,72,83)(H,78,85)(H,79,87)(H,80,88)(H,81,86)(H,82,84)/t59-,60-,61?,62-,65-/m0/s1. The largest absolute Gasteiger partial charge is 0.467 e. The number of esters is 1. The first-order valence-electron chi connectivity index (χ1n) is 32.0. The fourth-order valence-electron chi connectivity index (χ4n) is 11.6. The van der Waals surface area contributed by atoms with Crippen LogP contribution in [0.5, 0.6) is 0 Å². The van der Waals surface area contributed by atoms with Crippen molar-refractivity contribution in [3.8, 4) is 0 Å². The second-order valence-corrected chi connectivity index (χ2v) is 25.6. The van der Waals surface area contributed by atoms with Gasteiger partial charge in [-0.3, -0.25) is 28.8 Å². The Kier molecular flexibility index (Phi) is 25.8. The molecule has 9 N–H and O–H groups in total. The van der Waals surface area contributed by atoms with Gasteiger partial charge in [-0.25, -0.2) is 19.7 Å². The van der Waals surface area contributed by atoms with E-state index in [9.17, 15) is 33.6 Å². The van der Waals surface area contributed by atoms with Crippen molar-refractivity contribution in [3.05, 3.63) is 101 Å². The Bertz CT molecular complexity index is 3510. The molecular formula is C70H98N12O8. The number of rotatable bonds is 32. The summed E-state index contributed by atoms with van der Waals surface area (Å²) < 4.78 is 4.97. The van der Waals surface area contributed by atoms with Gasteiger partial charge >= 0.3 is 5.97 Å². The highest BCUT2D eigenvalue weighted by Crippen LogP contribution is 2.38. The van der Waals surface area contributed by atoms with Gasteiger partial charge in [0.15, 0.2) is 0 Å². The average Bonchev–Trinajstić information content (AvgIpc) is 1.66. The molecule has 20 nitrogen and oxygen atoms in total. The van der Waals surface area contributed by atoms with Crippen LogP contribution in [0.4, 0.5) is 0 Å². The molecule has 8 bridgehead atoms. The summed E-state index contributed by atoms with van der Waals surface area (Å²) in [6, 6.07) is 2.59. The minimum Gasteiger partial charge on any atom is -0.467 e. The van der Waals surface area contributed by atoms with E-state index in [0.29, 0.717) is 42.2 Å². The van der Waals surface area contributed by atoms with Crippen molar-refractivity contribution in [2.45, 2.75) is 197 Å². The molecule has 0 saturated carbocycles. The molecule has 5 atom stereocenters. The lowest BCUT2D eigenvalue weighted by Gasteiger charge is -2.29. The molecule has 0 radical (unpaired) electrons. The monoisotopic (exact) mass is 1230 g/mol. The number of amides is 6. The molecule has 20 heteroatoms. The number of methoxy groups -OCH3 is 1. The summed E-state index contributed by atoms with van der Waals surface area (Å²) in [5, 5.41) is 17.5. The van der Waals surface area contributed by atoms with E-state index in [-0.39, 0.29) is 62.2 Å². The molecule has 6 rings (SSSR count). The number of nitrogens with zero attached hydrogens (tertiary/aromatic N) is 3. The zero-order chi connectivity index (χ0) is 66.1. The molecule has 486 valence electrons. The summed E-state index contributed by atoms with van der Waals surface area (Å²) in [5.41, 5.74) is 14.0. The van der Waals surface area contributed by atoms with Crippen molar-refractivity contribution < 1.29 is 38.3 Å². The van der Waals surface area contributed by atoms with E-state index in [4.69, 9.17) is 14.7 Å². The molecule has 0 fully saturated rings. The highest BCUT2D eigenvalue weighted by atomic mass is 16.5. The van der Waals surface area contributed by atoms with Crippen molar-refractivity contribution in [2.75, 3.05) is 13.7 Å². The number of aromatic amines is 3. The number of aromatic nitrogens is 6. The number of unbranched alkanes of at least 4 members (excludes halogenated alkanes) is 3. The van der Waals surface area contributed by atoms with E-state index < -0.39 is 71.6 Å². The minimum absolute atomic E-state index is 0.0346. The van der Waals surface area contributed by atoms with E-state index in [2.05, 4.69) is 84.9 Å². The van der Waals surface area contributed by atoms with Gasteiger partial charge in [-0.05, 0) is 148 Å². The third-order valence-electron chi connectivity index (χ3n) is 16.7. The second-order valence-electron chi connectivity index (χ2n) is 25.6. The number of allylic oxidation sites excluding steroid dienone is 4. The van der Waals surface area contributed by atoms with Gasteiger partial charge in [0.1, 0.15) is 30.2 Å². The number of carbonyl (C=O) groups excluding carboxylic acids is 7. The molecule has 6 amide bonds. The zero-order valence-corrected chi connectivity index (χ0v) is 55.5. The third kappa shape index (κ3) is 18.8. The number of fused-ring (bicyclic) bond motifs is 8. The molecule has 0 spiro atoms. The molecule has 2 aliphatic rings. The number of imidazole rings is 1. The summed E-state index contributed by atoms with van der Waals surface area (Å²) in [7, 11) is 1.25. The van der Waals surface area contributed by atoms with Gasteiger partial charge in [0.25, 0.3) is 0 Å². The first kappa shape index (κ1) is 70.7. The molecule has 2 aliphatic heterocycles. The third-order valence-corrected chi connectivity index (χ3v) is 16.7. The highest BCUT2D eigenvalue weighted by molar-refractivity contribution is 5.99. The average molecular weight is 1240 g/mol. The number of carbonyl (C=O) groups is 7. The van der Waals surface area contributed by atoms with E-state index in [1.165, 1.54) is 19.6 Å². The van der Waals surface area contributed by atoms with Crippen molar-refractivity contribution in [2.24, 2.45) is 23.7 Å². The molecular weight excluding hydrogens is 1140 g/mol. The number of hydrogen-bond donors (Lipinski definition) is 9. The smallest absolute Gasteiger partial charge is 0.328 e. The normalized spacial score (nSPS) is 14.1. The maximum atomic E-state index is 14.6. The summed E-state index contributed by atoms with van der Waals surface area (Å²) in [6.07, 6.45) is 12.4. The Labute approximate surface area is 531 Å². The van der Waals surface area contributed by atoms with Crippen LogP contribution in [0.2, 0.25) is 0 Å². The van der Waals surface area contributed by atoms with Crippen molar-refractivity contribution in [3.63, 3.8) is 0 Å². The van der Waals surface area contributed by atoms with E-state index in [1.54, 1.807) is 13.8 Å². The lowest BCUT2D eigenvalue weighted by molar-refractivity contribution is -0.146. The van der Waals surface area contributed by atoms with Crippen molar-refractivity contribution in [1.29, 1.82) is 0 Å². The van der Waals surface area contributed by atoms with Crippen LogP contribution >= 0.6 is 0 Å². The van der Waals surface area contributed by atoms with E-state index >= 15 is 0 Å². The lowest BCUT2D eigenvalue weighted by Crippen LogP contribution is -2.60. The van der Waals surface area contributed by atoms with Gasteiger partial charge in [0, 0.05) is 70.9 Å². The Morgan fingerprint density at radius 1 is 0.567 bits per heavy atom. The Balaban J connectivity index is 1.30. The SMILES string of the molecule is C=Cc1c(C)c2cc3[nH]c(cc4nc(cc5nc(cc1[nH]2)C(C)=C5CCC(=O)N[C@H](C(=O)NC(Cc1cnc[nH]1)C(=O)N[C@@H](CC(C)C)C(=O)N[C@@H](CC(C)C)C(=O)N[C@@H](CC(C)C)C(=O)OC)C(C)C)C(CCC(=O)NCCCCCC)=C4C)c(C)c3C=C. The van der Waals surface area contributed by atoms with Gasteiger partial charge in [-0.2, -0.15) is 0 Å². The number of nitrogens with one attached hydrogen (secondary N) is 9. The summed E-state index contributed by atoms with van der Waals surface area (Å²) >= 11 is 0. The molecule has 1 unspecified atom stereocenters. The number of hydrogen-bond acceptors (Lipinski definition) is 11. The Morgan fingerprint density at radius 3 is 1.53 bits per heavy atom. The molecule has 6 heterocycles. The Morgan fingerprint density at radius 2 is 1.04 bits per heavy atom. The van der Waals surface area contributed by atoms with Crippen LogP contribution in [-0.4, -0.2) is 115 Å². The van der Waals surface area contributed by atoms with Crippen molar-refractivity contribution in [1.82, 2.24) is 61.8 Å². The van der Waals surface area contributed by atoms with Gasteiger partial charge in [-0.1, -0.05) is 107 Å². The van der Waals surface area contributed by atoms with Gasteiger partial charge in [-0.15, -0.1) is 0 Å². The quantitative estimate of drug-likeness (QED) is 0.0164. The second kappa shape index (κ2) is 32.9. The first-order valence-corrected chi connectivity index (χ1v) is 32.0. The molecule has 0 aromatic carbocycles. The molecule has 4 aromatic rings. The van der Waals surface area contributed by atoms with Crippen LogP contribution in [0.1, 0.15) is 198 Å². The fourth-order valence-corrected chi connectivity index (χ4v) is 11.6. The van der Waals surface area contributed by atoms with E-state index in [1.807, 2.05) is 92.7 Å². The number of H-pyrrole nitrogens is 3. The van der Waals surface area contributed by atoms with Gasteiger partial charge in [0.2, 0.25) is 35.4 Å². The topological polar surface area (TPSA) is 287 Å². The predicted octanol–water partition coefficient (Wildman–Crippen LogP) is 10.7. The van der Waals surface area contributed by atoms with E-state index in [0.717, 1.165) is 98.0 Å². The minimum atomic E-state index is -1.25. The molecule has 0 saturated heterocycles. The molecule has 0 aliphatic carbocycles. The van der Waals surface area contributed by atoms with Crippen LogP contribution in [-0.2, 0) is 44.7 Å². The first-order chi connectivity index (χ1) is 42.8. The van der Waals surface area contributed by atoms with Gasteiger partial charge in [0.05, 0.1) is 36.2 Å². The van der Waals surface area contributed by atoms with Crippen LogP contribution in [0.25, 0.3) is 56.5 Å². The summed E-state index contributed by atoms with van der Waals surface area (Å²) in [5.74, 6) is -4.04. The van der Waals surface area contributed by atoms with Crippen molar-refractivity contribution >= 4 is 97.9 Å². The summed E-state index contributed by atoms with van der Waals surface area (Å²) in [4.78, 5) is 123. The Hall–Kier alpha value is -8.42. The van der Waals surface area contributed by atoms with Crippen LogP contribution < -0.4 is 31.9 Å². The van der Waals surface area contributed by atoms with Gasteiger partial charge < -0.3 is 51.6 Å². The fraction of sp³-hybridized carbons (Fsp3) is 0.514.